The third kappa shape index (κ3) is 2.70. The minimum absolute atomic E-state index is 0.247. The lowest BCUT2D eigenvalue weighted by Gasteiger charge is -2.19. The van der Waals surface area contributed by atoms with Crippen molar-refractivity contribution in [2.75, 3.05) is 19.3 Å². The fourth-order valence-corrected chi connectivity index (χ4v) is 1.43. The maximum Gasteiger partial charge on any atom is 0.108 e. The van der Waals surface area contributed by atoms with E-state index >= 15 is 0 Å². The monoisotopic (exact) mass is 221 g/mol. The molecule has 86 valence electrons. The predicted molar refractivity (Wildman–Crippen MR) is 60.5 cm³/mol. The first-order valence-corrected chi connectivity index (χ1v) is 4.90. The lowest BCUT2D eigenvalue weighted by atomic mass is 10.0. The SMILES string of the molecule is CNCC(O)C(O)c1cc(C#N)ccc1N. The highest BCUT2D eigenvalue weighted by molar-refractivity contribution is 5.52. The van der Waals surface area contributed by atoms with E-state index in [1.54, 1.807) is 19.2 Å². The molecular weight excluding hydrogens is 206 g/mol. The van der Waals surface area contributed by atoms with Crippen LogP contribution >= 0.6 is 0 Å². The zero-order chi connectivity index (χ0) is 12.1. The van der Waals surface area contributed by atoms with Crippen LogP contribution in [0, 0.1) is 11.3 Å². The summed E-state index contributed by atoms with van der Waals surface area (Å²) in [4.78, 5) is 0. The summed E-state index contributed by atoms with van der Waals surface area (Å²) in [6.07, 6.45) is -2.05. The third-order valence-electron chi connectivity index (χ3n) is 2.31. The van der Waals surface area contributed by atoms with E-state index in [1.165, 1.54) is 6.07 Å². The van der Waals surface area contributed by atoms with E-state index in [1.807, 2.05) is 6.07 Å². The van der Waals surface area contributed by atoms with Gasteiger partial charge < -0.3 is 21.3 Å². The van der Waals surface area contributed by atoms with Crippen LogP contribution < -0.4 is 11.1 Å². The molecule has 2 unspecified atom stereocenters. The normalized spacial score (nSPS) is 14.1. The number of aliphatic hydroxyl groups is 2. The zero-order valence-electron chi connectivity index (χ0n) is 9.01. The summed E-state index contributed by atoms with van der Waals surface area (Å²) < 4.78 is 0. The third-order valence-corrected chi connectivity index (χ3v) is 2.31. The van der Waals surface area contributed by atoms with Gasteiger partial charge in [-0.15, -0.1) is 0 Å². The number of anilines is 1. The molecule has 0 aromatic heterocycles. The molecule has 0 saturated carbocycles. The largest absolute Gasteiger partial charge is 0.398 e. The number of nitrogens with two attached hydrogens (primary N) is 1. The van der Waals surface area contributed by atoms with Crippen molar-refractivity contribution in [2.45, 2.75) is 12.2 Å². The molecular formula is C11H15N3O2. The summed E-state index contributed by atoms with van der Waals surface area (Å²) in [5, 5.41) is 30.9. The van der Waals surface area contributed by atoms with Crippen molar-refractivity contribution in [1.82, 2.24) is 5.32 Å². The Balaban J connectivity index is 2.98. The van der Waals surface area contributed by atoms with Gasteiger partial charge in [0.25, 0.3) is 0 Å². The van der Waals surface area contributed by atoms with Crippen LogP contribution in [0.3, 0.4) is 0 Å². The molecule has 1 rings (SSSR count). The second-order valence-electron chi connectivity index (χ2n) is 3.53. The van der Waals surface area contributed by atoms with Crippen LogP contribution in [0.5, 0.6) is 0 Å². The first-order valence-electron chi connectivity index (χ1n) is 4.90. The van der Waals surface area contributed by atoms with Gasteiger partial charge in [-0.1, -0.05) is 0 Å². The smallest absolute Gasteiger partial charge is 0.108 e. The Kier molecular flexibility index (Phi) is 4.26. The number of benzene rings is 1. The average molecular weight is 221 g/mol. The second-order valence-corrected chi connectivity index (χ2v) is 3.53. The summed E-state index contributed by atoms with van der Waals surface area (Å²) >= 11 is 0. The van der Waals surface area contributed by atoms with Crippen LogP contribution in [0.2, 0.25) is 0 Å². The standard InChI is InChI=1S/C11H15N3O2/c1-14-6-10(15)11(16)8-4-7(5-12)2-3-9(8)13/h2-4,10-11,14-16H,6,13H2,1H3. The molecule has 0 radical (unpaired) electrons. The first-order chi connectivity index (χ1) is 7.60. The second kappa shape index (κ2) is 5.47. The Labute approximate surface area is 94.1 Å². The Hall–Kier alpha value is -1.61. The molecule has 2 atom stereocenters. The van der Waals surface area contributed by atoms with E-state index in [4.69, 9.17) is 11.0 Å². The number of nitrogen functional groups attached to an aromatic ring is 1. The highest BCUT2D eigenvalue weighted by Gasteiger charge is 2.20. The number of nitrogens with zero attached hydrogens (tertiary/aromatic N) is 1. The topological polar surface area (TPSA) is 102 Å². The van der Waals surface area contributed by atoms with Crippen LogP contribution in [0.4, 0.5) is 5.69 Å². The maximum absolute atomic E-state index is 9.84. The highest BCUT2D eigenvalue weighted by atomic mass is 16.3. The molecule has 0 heterocycles. The maximum atomic E-state index is 9.84. The molecule has 0 fully saturated rings. The number of rotatable bonds is 4. The van der Waals surface area contributed by atoms with E-state index in [-0.39, 0.29) is 6.54 Å². The molecule has 0 amide bonds. The van der Waals surface area contributed by atoms with Gasteiger partial charge in [0.2, 0.25) is 0 Å². The van der Waals surface area contributed by atoms with Crippen molar-refractivity contribution in [1.29, 1.82) is 5.26 Å². The summed E-state index contributed by atoms with van der Waals surface area (Å²) in [7, 11) is 1.67. The van der Waals surface area contributed by atoms with E-state index < -0.39 is 12.2 Å². The quantitative estimate of drug-likeness (QED) is 0.525. The number of nitriles is 1. The van der Waals surface area contributed by atoms with Gasteiger partial charge in [-0.25, -0.2) is 0 Å². The van der Waals surface area contributed by atoms with Crippen molar-refractivity contribution in [3.8, 4) is 6.07 Å². The van der Waals surface area contributed by atoms with Gasteiger partial charge >= 0.3 is 0 Å². The zero-order valence-corrected chi connectivity index (χ0v) is 9.01. The molecule has 0 saturated heterocycles. The van der Waals surface area contributed by atoms with Crippen molar-refractivity contribution in [3.63, 3.8) is 0 Å². The lowest BCUT2D eigenvalue weighted by molar-refractivity contribution is 0.0206. The average Bonchev–Trinajstić information content (AvgIpc) is 2.29. The predicted octanol–water partition coefficient (Wildman–Crippen LogP) is -0.246. The van der Waals surface area contributed by atoms with E-state index in [9.17, 15) is 10.2 Å². The number of hydrogen-bond acceptors (Lipinski definition) is 5. The van der Waals surface area contributed by atoms with Gasteiger partial charge in [-0.2, -0.15) is 5.26 Å². The number of hydrogen-bond donors (Lipinski definition) is 4. The molecule has 0 aliphatic rings. The van der Waals surface area contributed by atoms with Gasteiger partial charge in [0.05, 0.1) is 17.7 Å². The molecule has 0 bridgehead atoms. The molecule has 0 aliphatic heterocycles. The van der Waals surface area contributed by atoms with Crippen LogP contribution in [0.15, 0.2) is 18.2 Å². The van der Waals surface area contributed by atoms with Crippen LogP contribution in [-0.4, -0.2) is 29.9 Å². The summed E-state index contributed by atoms with van der Waals surface area (Å²) in [6.45, 7) is 0.247. The minimum atomic E-state index is -1.10. The molecule has 0 spiro atoms. The van der Waals surface area contributed by atoms with E-state index in [0.717, 1.165) is 0 Å². The Morgan fingerprint density at radius 2 is 2.19 bits per heavy atom. The lowest BCUT2D eigenvalue weighted by Crippen LogP contribution is -2.30. The number of likely N-dealkylation sites (N-methyl/N-ethyl adjacent to an activating group) is 1. The van der Waals surface area contributed by atoms with E-state index in [2.05, 4.69) is 5.32 Å². The first kappa shape index (κ1) is 12.5. The fraction of sp³-hybridized carbons (Fsp3) is 0.364. The molecule has 1 aromatic carbocycles. The van der Waals surface area contributed by atoms with Crippen molar-refractivity contribution >= 4 is 5.69 Å². The minimum Gasteiger partial charge on any atom is -0.398 e. The molecule has 1 aromatic rings. The molecule has 5 heteroatoms. The van der Waals surface area contributed by atoms with Gasteiger partial charge in [0.1, 0.15) is 6.10 Å². The Morgan fingerprint density at radius 3 is 2.75 bits per heavy atom. The van der Waals surface area contributed by atoms with Crippen LogP contribution in [-0.2, 0) is 0 Å². The summed E-state index contributed by atoms with van der Waals surface area (Å²) in [5.74, 6) is 0. The fourth-order valence-electron chi connectivity index (χ4n) is 1.43. The molecule has 5 N–H and O–H groups in total. The van der Waals surface area contributed by atoms with Crippen molar-refractivity contribution in [2.24, 2.45) is 0 Å². The van der Waals surface area contributed by atoms with Crippen LogP contribution in [0.1, 0.15) is 17.2 Å². The number of aliphatic hydroxyl groups excluding tert-OH is 2. The van der Waals surface area contributed by atoms with Gasteiger partial charge in [-0.3, -0.25) is 0 Å². The Bertz CT molecular complexity index is 401. The highest BCUT2D eigenvalue weighted by Crippen LogP contribution is 2.24. The van der Waals surface area contributed by atoms with Gasteiger partial charge in [0, 0.05) is 17.8 Å². The van der Waals surface area contributed by atoms with Crippen molar-refractivity contribution < 1.29 is 10.2 Å². The Morgan fingerprint density at radius 1 is 1.50 bits per heavy atom. The summed E-state index contributed by atoms with van der Waals surface area (Å²) in [6, 6.07) is 6.55. The molecule has 5 nitrogen and oxygen atoms in total. The van der Waals surface area contributed by atoms with Crippen molar-refractivity contribution in [3.05, 3.63) is 29.3 Å². The van der Waals surface area contributed by atoms with Crippen LogP contribution in [0.25, 0.3) is 0 Å². The molecule has 0 aliphatic carbocycles. The molecule has 16 heavy (non-hydrogen) atoms. The number of nitrogens with one attached hydrogen (secondary N) is 1. The van der Waals surface area contributed by atoms with Gasteiger partial charge in [-0.05, 0) is 25.2 Å². The summed E-state index contributed by atoms with van der Waals surface area (Å²) in [5.41, 5.74) is 6.82. The van der Waals surface area contributed by atoms with E-state index in [0.29, 0.717) is 16.8 Å². The van der Waals surface area contributed by atoms with Gasteiger partial charge in [0.15, 0.2) is 0 Å².